The Morgan fingerprint density at radius 2 is 2.00 bits per heavy atom. The highest BCUT2D eigenvalue weighted by atomic mass is 32.1. The summed E-state index contributed by atoms with van der Waals surface area (Å²) in [5.41, 5.74) is 0.558. The van der Waals surface area contributed by atoms with Gasteiger partial charge < -0.3 is 19.5 Å². The minimum atomic E-state index is -4.54. The van der Waals surface area contributed by atoms with Gasteiger partial charge in [0.2, 0.25) is 0 Å². The fourth-order valence-electron chi connectivity index (χ4n) is 3.62. The number of pyridine rings is 1. The molecular formula is C21H20F3N3O4S. The molecule has 0 saturated carbocycles. The summed E-state index contributed by atoms with van der Waals surface area (Å²) in [5, 5.41) is 4.82. The summed E-state index contributed by atoms with van der Waals surface area (Å²) >= 11 is 0.859. The maximum atomic E-state index is 13.1. The number of hydrogen-bond acceptors (Lipinski definition) is 8. The van der Waals surface area contributed by atoms with Crippen molar-refractivity contribution in [3.8, 4) is 22.2 Å². The molecule has 0 radical (unpaired) electrons. The summed E-state index contributed by atoms with van der Waals surface area (Å²) in [6, 6.07) is 4.67. The van der Waals surface area contributed by atoms with Crippen LogP contribution in [0.4, 0.5) is 13.2 Å². The molecule has 0 unspecified atom stereocenters. The predicted molar refractivity (Wildman–Crippen MR) is 112 cm³/mol. The number of rotatable bonds is 5. The van der Waals surface area contributed by atoms with Crippen LogP contribution in [0.25, 0.3) is 21.6 Å². The molecule has 2 aromatic heterocycles. The van der Waals surface area contributed by atoms with E-state index in [9.17, 15) is 18.0 Å². The summed E-state index contributed by atoms with van der Waals surface area (Å²) in [5.74, 6) is 0.660. The lowest BCUT2D eigenvalue weighted by Gasteiger charge is -2.17. The molecule has 7 nitrogen and oxygen atoms in total. The number of methoxy groups -OCH3 is 2. The summed E-state index contributed by atoms with van der Waals surface area (Å²) in [6.07, 6.45) is -4.47. The third kappa shape index (κ3) is 4.22. The van der Waals surface area contributed by atoms with Crippen molar-refractivity contribution in [2.75, 3.05) is 20.8 Å². The second-order valence-corrected chi connectivity index (χ2v) is 8.15. The van der Waals surface area contributed by atoms with E-state index in [0.29, 0.717) is 35.4 Å². The number of benzene rings is 1. The van der Waals surface area contributed by atoms with Crippen molar-refractivity contribution in [3.05, 3.63) is 34.8 Å². The fraction of sp³-hybridized carbons (Fsp3) is 0.381. The Kier molecular flexibility index (Phi) is 5.95. The maximum Gasteiger partial charge on any atom is 0.434 e. The van der Waals surface area contributed by atoms with Crippen molar-refractivity contribution < 1.29 is 32.2 Å². The largest absolute Gasteiger partial charge is 0.496 e. The highest BCUT2D eigenvalue weighted by Crippen LogP contribution is 2.38. The van der Waals surface area contributed by atoms with E-state index in [2.05, 4.69) is 15.3 Å². The molecule has 32 heavy (non-hydrogen) atoms. The van der Waals surface area contributed by atoms with Crippen LogP contribution < -0.4 is 14.8 Å². The predicted octanol–water partition coefficient (Wildman–Crippen LogP) is 3.98. The summed E-state index contributed by atoms with van der Waals surface area (Å²) in [6.45, 7) is 2.23. The molecule has 0 amide bonds. The van der Waals surface area contributed by atoms with E-state index in [1.165, 1.54) is 14.2 Å². The van der Waals surface area contributed by atoms with Crippen molar-refractivity contribution in [1.82, 2.24) is 15.3 Å². The Labute approximate surface area is 185 Å². The molecule has 0 spiro atoms. The molecule has 4 rings (SSSR count). The van der Waals surface area contributed by atoms with E-state index in [1.54, 1.807) is 18.2 Å². The standard InChI is InChI=1S/C21H20F3N3O4S/c1-10-15(29-2)5-4-12-16(31-11-6-14(25-8-11)20(28)30-3)7-13(26-18(10)12)19-27-17(9-32-19)21(22,23)24/h4-5,7,9,11,14,25H,6,8H2,1-3H3/t11-,14-/m0/s1. The Balaban J connectivity index is 1.76. The number of hydrogen-bond donors (Lipinski definition) is 1. The van der Waals surface area contributed by atoms with E-state index >= 15 is 0 Å². The Morgan fingerprint density at radius 3 is 2.66 bits per heavy atom. The van der Waals surface area contributed by atoms with Crippen LogP contribution in [0, 0.1) is 6.92 Å². The van der Waals surface area contributed by atoms with E-state index in [4.69, 9.17) is 14.2 Å². The SMILES string of the molecule is COC(=O)[C@@H]1C[C@H](Oc2cc(-c3nc(C(F)(F)F)cs3)nc3c(C)c(OC)ccc23)CN1. The average Bonchev–Trinajstić information content (AvgIpc) is 3.43. The van der Waals surface area contributed by atoms with Gasteiger partial charge >= 0.3 is 12.1 Å². The van der Waals surface area contributed by atoms with Gasteiger partial charge in [-0.25, -0.2) is 9.97 Å². The molecule has 2 atom stereocenters. The lowest BCUT2D eigenvalue weighted by molar-refractivity contribution is -0.143. The molecule has 1 N–H and O–H groups in total. The minimum Gasteiger partial charge on any atom is -0.496 e. The molecule has 11 heteroatoms. The van der Waals surface area contributed by atoms with Crippen molar-refractivity contribution in [2.45, 2.75) is 31.7 Å². The molecule has 1 aliphatic heterocycles. The van der Waals surface area contributed by atoms with Gasteiger partial charge in [0.1, 0.15) is 34.3 Å². The number of esters is 1. The lowest BCUT2D eigenvalue weighted by atomic mass is 10.1. The monoisotopic (exact) mass is 467 g/mol. The maximum absolute atomic E-state index is 13.1. The van der Waals surface area contributed by atoms with Crippen molar-refractivity contribution in [2.24, 2.45) is 0 Å². The normalized spacial score (nSPS) is 18.7. The molecule has 0 aliphatic carbocycles. The van der Waals surface area contributed by atoms with Crippen molar-refractivity contribution in [1.29, 1.82) is 0 Å². The van der Waals surface area contributed by atoms with Crippen LogP contribution in [0.3, 0.4) is 0 Å². The van der Waals surface area contributed by atoms with Crippen LogP contribution in [0.2, 0.25) is 0 Å². The lowest BCUT2D eigenvalue weighted by Crippen LogP contribution is -2.31. The topological polar surface area (TPSA) is 82.6 Å². The highest BCUT2D eigenvalue weighted by molar-refractivity contribution is 7.13. The van der Waals surface area contributed by atoms with Gasteiger partial charge in [0.25, 0.3) is 0 Å². The number of nitrogens with one attached hydrogen (secondary N) is 1. The van der Waals surface area contributed by atoms with E-state index in [0.717, 1.165) is 22.3 Å². The number of carbonyl (C=O) groups is 1. The molecule has 1 saturated heterocycles. The molecule has 0 bridgehead atoms. The van der Waals surface area contributed by atoms with Crippen LogP contribution in [0.5, 0.6) is 11.5 Å². The number of alkyl halides is 3. The number of carbonyl (C=O) groups excluding carboxylic acids is 1. The number of aryl methyl sites for hydroxylation is 1. The molecule has 1 aliphatic rings. The summed E-state index contributed by atoms with van der Waals surface area (Å²) in [4.78, 5) is 20.1. The van der Waals surface area contributed by atoms with Gasteiger partial charge in [0.15, 0.2) is 5.69 Å². The second-order valence-electron chi connectivity index (χ2n) is 7.29. The number of nitrogens with zero attached hydrogens (tertiary/aromatic N) is 2. The molecule has 170 valence electrons. The highest BCUT2D eigenvalue weighted by Gasteiger charge is 2.34. The van der Waals surface area contributed by atoms with Gasteiger partial charge in [0.05, 0.1) is 19.7 Å². The first-order valence-electron chi connectivity index (χ1n) is 9.70. The zero-order chi connectivity index (χ0) is 23.0. The van der Waals surface area contributed by atoms with E-state index < -0.39 is 17.9 Å². The molecular weight excluding hydrogens is 447 g/mol. The van der Waals surface area contributed by atoms with E-state index in [-0.39, 0.29) is 22.8 Å². The smallest absolute Gasteiger partial charge is 0.434 e. The van der Waals surface area contributed by atoms with Crippen molar-refractivity contribution in [3.63, 3.8) is 0 Å². The number of ether oxygens (including phenoxy) is 3. The first kappa shape index (κ1) is 22.3. The first-order chi connectivity index (χ1) is 15.2. The van der Waals surface area contributed by atoms with Crippen LogP contribution in [-0.4, -0.2) is 48.8 Å². The number of aromatic nitrogens is 2. The van der Waals surface area contributed by atoms with Gasteiger partial charge in [-0.05, 0) is 19.1 Å². The zero-order valence-electron chi connectivity index (χ0n) is 17.4. The van der Waals surface area contributed by atoms with Gasteiger partial charge in [-0.3, -0.25) is 4.79 Å². The molecule has 3 heterocycles. The number of thiazole rings is 1. The Hall–Kier alpha value is -2.92. The van der Waals surface area contributed by atoms with Gasteiger partial charge in [-0.2, -0.15) is 13.2 Å². The molecule has 1 fully saturated rings. The second kappa shape index (κ2) is 8.55. The van der Waals surface area contributed by atoms with Crippen molar-refractivity contribution >= 4 is 28.2 Å². The van der Waals surface area contributed by atoms with Gasteiger partial charge in [-0.1, -0.05) is 0 Å². The van der Waals surface area contributed by atoms with Gasteiger partial charge in [-0.15, -0.1) is 11.3 Å². The Bertz CT molecular complexity index is 1170. The van der Waals surface area contributed by atoms with Crippen LogP contribution >= 0.6 is 11.3 Å². The van der Waals surface area contributed by atoms with Gasteiger partial charge in [0, 0.05) is 35.4 Å². The van der Waals surface area contributed by atoms with Crippen LogP contribution in [0.15, 0.2) is 23.6 Å². The number of fused-ring (bicyclic) bond motifs is 1. The molecule has 3 aromatic rings. The Morgan fingerprint density at radius 1 is 1.22 bits per heavy atom. The van der Waals surface area contributed by atoms with Crippen LogP contribution in [0.1, 0.15) is 17.7 Å². The minimum absolute atomic E-state index is 0.128. The number of halogens is 3. The quantitative estimate of drug-likeness (QED) is 0.569. The average molecular weight is 467 g/mol. The third-order valence-electron chi connectivity index (χ3n) is 5.25. The first-order valence-corrected chi connectivity index (χ1v) is 10.6. The van der Waals surface area contributed by atoms with Crippen LogP contribution in [-0.2, 0) is 15.7 Å². The van der Waals surface area contributed by atoms with E-state index in [1.807, 2.05) is 6.92 Å². The molecule has 1 aromatic carbocycles. The zero-order valence-corrected chi connectivity index (χ0v) is 18.3. The summed E-state index contributed by atoms with van der Waals surface area (Å²) < 4.78 is 55.5. The summed E-state index contributed by atoms with van der Waals surface area (Å²) in [7, 11) is 2.85. The fourth-order valence-corrected chi connectivity index (χ4v) is 4.41. The third-order valence-corrected chi connectivity index (χ3v) is 6.12.